The molecule has 5 heteroatoms. The zero-order chi connectivity index (χ0) is 13.3. The van der Waals surface area contributed by atoms with Crippen molar-refractivity contribution in [1.29, 1.82) is 0 Å². The fraction of sp³-hybridized carbons (Fsp3) is 0.308. The first kappa shape index (κ1) is 13.7. The quantitative estimate of drug-likeness (QED) is 0.811. The Morgan fingerprint density at radius 3 is 2.50 bits per heavy atom. The largest absolute Gasteiger partial charge is 0.357 e. The van der Waals surface area contributed by atoms with Gasteiger partial charge in [0.05, 0.1) is 15.7 Å². The third kappa shape index (κ3) is 3.37. The van der Waals surface area contributed by atoms with Crippen LogP contribution in [0, 0.1) is 0 Å². The maximum atomic E-state index is 6.01. The molecule has 0 aliphatic carbocycles. The van der Waals surface area contributed by atoms with Gasteiger partial charge in [-0.15, -0.1) is 11.3 Å². The molecule has 0 radical (unpaired) electrons. The molecule has 18 heavy (non-hydrogen) atoms. The molecule has 0 aliphatic heterocycles. The number of halogens is 2. The van der Waals surface area contributed by atoms with Gasteiger partial charge in [0.1, 0.15) is 0 Å². The zero-order valence-corrected chi connectivity index (χ0v) is 12.7. The minimum atomic E-state index is 0.00671. The standard InChI is InChI=1S/C13H14Cl2N2S/c1-13(2,3)17-12-16-11(7-18-12)8-4-5-9(14)10(15)6-8/h4-7H,1-3H3,(H,16,17). The highest BCUT2D eigenvalue weighted by Crippen LogP contribution is 2.31. The fourth-order valence-corrected chi connectivity index (χ4v) is 2.67. The molecule has 1 heterocycles. The van der Waals surface area contributed by atoms with Gasteiger partial charge in [-0.05, 0) is 32.9 Å². The summed E-state index contributed by atoms with van der Waals surface area (Å²) in [5.41, 5.74) is 1.89. The molecule has 1 N–H and O–H groups in total. The molecule has 0 atom stereocenters. The summed E-state index contributed by atoms with van der Waals surface area (Å²) in [5.74, 6) is 0. The third-order valence-electron chi connectivity index (χ3n) is 2.20. The Morgan fingerprint density at radius 1 is 1.17 bits per heavy atom. The predicted molar refractivity (Wildman–Crippen MR) is 80.9 cm³/mol. The summed E-state index contributed by atoms with van der Waals surface area (Å²) in [4.78, 5) is 4.54. The molecule has 0 fully saturated rings. The first-order valence-corrected chi connectivity index (χ1v) is 7.18. The van der Waals surface area contributed by atoms with Crippen LogP contribution in [-0.4, -0.2) is 10.5 Å². The van der Waals surface area contributed by atoms with E-state index in [1.165, 1.54) is 0 Å². The Kier molecular flexibility index (Phi) is 3.85. The normalized spacial score (nSPS) is 11.6. The Morgan fingerprint density at radius 2 is 1.89 bits per heavy atom. The van der Waals surface area contributed by atoms with Gasteiger partial charge in [0.15, 0.2) is 5.13 Å². The molecule has 0 saturated carbocycles. The monoisotopic (exact) mass is 300 g/mol. The van der Waals surface area contributed by atoms with Gasteiger partial charge < -0.3 is 5.32 Å². The molecule has 0 unspecified atom stereocenters. The number of aromatic nitrogens is 1. The summed E-state index contributed by atoms with van der Waals surface area (Å²) in [6, 6.07) is 5.54. The van der Waals surface area contributed by atoms with Crippen molar-refractivity contribution in [3.05, 3.63) is 33.6 Å². The topological polar surface area (TPSA) is 24.9 Å². The van der Waals surface area contributed by atoms with Gasteiger partial charge in [-0.2, -0.15) is 0 Å². The van der Waals surface area contributed by atoms with Crippen LogP contribution in [-0.2, 0) is 0 Å². The van der Waals surface area contributed by atoms with Gasteiger partial charge in [-0.1, -0.05) is 29.3 Å². The summed E-state index contributed by atoms with van der Waals surface area (Å²) < 4.78 is 0. The van der Waals surface area contributed by atoms with Crippen LogP contribution in [0.2, 0.25) is 10.0 Å². The van der Waals surface area contributed by atoms with E-state index in [1.54, 1.807) is 17.4 Å². The lowest BCUT2D eigenvalue weighted by molar-refractivity contribution is 0.633. The van der Waals surface area contributed by atoms with Crippen LogP contribution < -0.4 is 5.32 Å². The lowest BCUT2D eigenvalue weighted by Gasteiger charge is -2.19. The van der Waals surface area contributed by atoms with Crippen LogP contribution >= 0.6 is 34.5 Å². The Labute approximate surface area is 121 Å². The van der Waals surface area contributed by atoms with E-state index in [0.29, 0.717) is 10.0 Å². The maximum Gasteiger partial charge on any atom is 0.183 e. The predicted octanol–water partition coefficient (Wildman–Crippen LogP) is 5.33. The van der Waals surface area contributed by atoms with E-state index in [0.717, 1.165) is 16.4 Å². The lowest BCUT2D eigenvalue weighted by atomic mass is 10.1. The molecule has 1 aromatic carbocycles. The molecule has 0 amide bonds. The second-order valence-corrected chi connectivity index (χ2v) is 6.71. The Balaban J connectivity index is 2.26. The number of nitrogens with zero attached hydrogens (tertiary/aromatic N) is 1. The van der Waals surface area contributed by atoms with Crippen LogP contribution in [0.4, 0.5) is 5.13 Å². The number of thiazole rings is 1. The molecule has 0 saturated heterocycles. The minimum Gasteiger partial charge on any atom is -0.357 e. The Bertz CT molecular complexity index is 558. The average molecular weight is 301 g/mol. The molecule has 2 aromatic rings. The van der Waals surface area contributed by atoms with Crippen molar-refractivity contribution in [2.75, 3.05) is 5.32 Å². The van der Waals surface area contributed by atoms with Gasteiger partial charge in [-0.3, -0.25) is 0 Å². The van der Waals surface area contributed by atoms with Crippen molar-refractivity contribution in [3.63, 3.8) is 0 Å². The Hall–Kier alpha value is -0.770. The van der Waals surface area contributed by atoms with Gasteiger partial charge in [-0.25, -0.2) is 4.98 Å². The molecular formula is C13H14Cl2N2S. The minimum absolute atomic E-state index is 0.00671. The van der Waals surface area contributed by atoms with Crippen molar-refractivity contribution in [2.24, 2.45) is 0 Å². The first-order valence-electron chi connectivity index (χ1n) is 5.54. The number of anilines is 1. The smallest absolute Gasteiger partial charge is 0.183 e. The van der Waals surface area contributed by atoms with E-state index in [9.17, 15) is 0 Å². The van der Waals surface area contributed by atoms with Gasteiger partial charge in [0.25, 0.3) is 0 Å². The molecule has 1 aromatic heterocycles. The molecule has 0 bridgehead atoms. The summed E-state index contributed by atoms with van der Waals surface area (Å²) in [7, 11) is 0. The molecule has 2 rings (SSSR count). The second-order valence-electron chi connectivity index (χ2n) is 5.04. The first-order chi connectivity index (χ1) is 8.35. The van der Waals surface area contributed by atoms with Gasteiger partial charge >= 0.3 is 0 Å². The zero-order valence-electron chi connectivity index (χ0n) is 10.4. The molecule has 0 spiro atoms. The van der Waals surface area contributed by atoms with Crippen LogP contribution in [0.3, 0.4) is 0 Å². The van der Waals surface area contributed by atoms with E-state index >= 15 is 0 Å². The number of rotatable bonds is 2. The van der Waals surface area contributed by atoms with Crippen LogP contribution in [0.25, 0.3) is 11.3 Å². The van der Waals surface area contributed by atoms with Crippen molar-refractivity contribution >= 4 is 39.7 Å². The average Bonchev–Trinajstić information content (AvgIpc) is 2.68. The van der Waals surface area contributed by atoms with E-state index in [2.05, 4.69) is 31.1 Å². The maximum absolute atomic E-state index is 6.01. The second kappa shape index (κ2) is 5.08. The molecule has 0 aliphatic rings. The van der Waals surface area contributed by atoms with Crippen LogP contribution in [0.1, 0.15) is 20.8 Å². The van der Waals surface area contributed by atoms with E-state index in [4.69, 9.17) is 23.2 Å². The van der Waals surface area contributed by atoms with Gasteiger partial charge in [0, 0.05) is 16.5 Å². The fourth-order valence-electron chi connectivity index (χ4n) is 1.44. The molecule has 96 valence electrons. The highest BCUT2D eigenvalue weighted by atomic mass is 35.5. The summed E-state index contributed by atoms with van der Waals surface area (Å²) in [5, 5.41) is 7.37. The number of hydrogen-bond acceptors (Lipinski definition) is 3. The van der Waals surface area contributed by atoms with E-state index in [1.807, 2.05) is 17.5 Å². The summed E-state index contributed by atoms with van der Waals surface area (Å²) in [6.07, 6.45) is 0. The van der Waals surface area contributed by atoms with E-state index in [-0.39, 0.29) is 5.54 Å². The molecule has 2 nitrogen and oxygen atoms in total. The number of benzene rings is 1. The van der Waals surface area contributed by atoms with Crippen LogP contribution in [0.15, 0.2) is 23.6 Å². The summed E-state index contributed by atoms with van der Waals surface area (Å²) in [6.45, 7) is 6.31. The molecular weight excluding hydrogens is 287 g/mol. The number of nitrogens with one attached hydrogen (secondary N) is 1. The highest BCUT2D eigenvalue weighted by Gasteiger charge is 2.13. The van der Waals surface area contributed by atoms with Crippen molar-refractivity contribution in [1.82, 2.24) is 4.98 Å². The lowest BCUT2D eigenvalue weighted by Crippen LogP contribution is -2.25. The van der Waals surface area contributed by atoms with Crippen molar-refractivity contribution in [3.8, 4) is 11.3 Å². The van der Waals surface area contributed by atoms with Gasteiger partial charge in [0.2, 0.25) is 0 Å². The SMILES string of the molecule is CC(C)(C)Nc1nc(-c2ccc(Cl)c(Cl)c2)cs1. The highest BCUT2D eigenvalue weighted by molar-refractivity contribution is 7.14. The summed E-state index contributed by atoms with van der Waals surface area (Å²) >= 11 is 13.5. The van der Waals surface area contributed by atoms with Crippen molar-refractivity contribution < 1.29 is 0 Å². The van der Waals surface area contributed by atoms with E-state index < -0.39 is 0 Å². The van der Waals surface area contributed by atoms with Crippen molar-refractivity contribution in [2.45, 2.75) is 26.3 Å². The van der Waals surface area contributed by atoms with Crippen LogP contribution in [0.5, 0.6) is 0 Å². The third-order valence-corrected chi connectivity index (χ3v) is 3.70. The number of hydrogen-bond donors (Lipinski definition) is 1.